The monoisotopic (exact) mass is 227 g/mol. The van der Waals surface area contributed by atoms with Gasteiger partial charge in [0, 0.05) is 13.2 Å². The first-order valence-electron chi connectivity index (χ1n) is 6.88. The third-order valence-electron chi connectivity index (χ3n) is 4.05. The average molecular weight is 227 g/mol. The summed E-state index contributed by atoms with van der Waals surface area (Å²) in [4.78, 5) is 0. The van der Waals surface area contributed by atoms with Gasteiger partial charge in [-0.1, -0.05) is 32.6 Å². The smallest absolute Gasteiger partial charge is 0.0775 e. The van der Waals surface area contributed by atoms with Gasteiger partial charge in [0.25, 0.3) is 0 Å². The molecule has 1 fully saturated rings. The minimum Gasteiger partial charge on any atom is -0.377 e. The quantitative estimate of drug-likeness (QED) is 0.720. The molecule has 2 nitrogen and oxygen atoms in total. The molecule has 0 aromatic carbocycles. The Morgan fingerprint density at radius 3 is 2.44 bits per heavy atom. The second-order valence-corrected chi connectivity index (χ2v) is 5.70. The molecule has 0 aliphatic heterocycles. The van der Waals surface area contributed by atoms with Gasteiger partial charge in [0.15, 0.2) is 0 Å². The van der Waals surface area contributed by atoms with Crippen molar-refractivity contribution in [3.63, 3.8) is 0 Å². The van der Waals surface area contributed by atoms with Crippen molar-refractivity contribution in [1.82, 2.24) is 5.32 Å². The van der Waals surface area contributed by atoms with E-state index >= 15 is 0 Å². The summed E-state index contributed by atoms with van der Waals surface area (Å²) in [6.07, 6.45) is 8.17. The second kappa shape index (κ2) is 6.61. The van der Waals surface area contributed by atoms with Crippen molar-refractivity contribution in [2.45, 2.75) is 70.9 Å². The highest BCUT2D eigenvalue weighted by molar-refractivity contribution is 4.88. The normalized spacial score (nSPS) is 20.2. The van der Waals surface area contributed by atoms with Crippen LogP contribution in [-0.4, -0.2) is 25.3 Å². The molecule has 1 aliphatic rings. The fraction of sp³-hybridized carbons (Fsp3) is 1.00. The number of ether oxygens (including phenoxy) is 1. The SMILES string of the molecule is CCCNC(CC1CCCC1)C(C)(C)OC. The third kappa shape index (κ3) is 4.06. The van der Waals surface area contributed by atoms with E-state index < -0.39 is 0 Å². The molecule has 1 aliphatic carbocycles. The summed E-state index contributed by atoms with van der Waals surface area (Å²) in [5, 5.41) is 3.66. The van der Waals surface area contributed by atoms with Gasteiger partial charge >= 0.3 is 0 Å². The summed E-state index contributed by atoms with van der Waals surface area (Å²) >= 11 is 0. The van der Waals surface area contributed by atoms with E-state index in [1.54, 1.807) is 0 Å². The van der Waals surface area contributed by atoms with E-state index in [1.165, 1.54) is 38.5 Å². The van der Waals surface area contributed by atoms with Gasteiger partial charge in [-0.15, -0.1) is 0 Å². The molecule has 1 atom stereocenters. The van der Waals surface area contributed by atoms with Gasteiger partial charge in [-0.2, -0.15) is 0 Å². The number of rotatable bonds is 7. The average Bonchev–Trinajstić information content (AvgIpc) is 2.76. The fourth-order valence-electron chi connectivity index (χ4n) is 2.65. The van der Waals surface area contributed by atoms with Crippen LogP contribution in [0.1, 0.15) is 59.3 Å². The Kier molecular flexibility index (Phi) is 5.77. The van der Waals surface area contributed by atoms with Crippen LogP contribution in [0.2, 0.25) is 0 Å². The van der Waals surface area contributed by atoms with Crippen molar-refractivity contribution in [2.75, 3.05) is 13.7 Å². The van der Waals surface area contributed by atoms with Crippen molar-refractivity contribution in [1.29, 1.82) is 0 Å². The highest BCUT2D eigenvalue weighted by atomic mass is 16.5. The molecular weight excluding hydrogens is 198 g/mol. The van der Waals surface area contributed by atoms with E-state index in [9.17, 15) is 0 Å². The Labute approximate surface area is 101 Å². The van der Waals surface area contributed by atoms with Gasteiger partial charge in [-0.05, 0) is 39.2 Å². The molecule has 2 heteroatoms. The lowest BCUT2D eigenvalue weighted by atomic mass is 9.88. The van der Waals surface area contributed by atoms with E-state index in [2.05, 4.69) is 26.1 Å². The Morgan fingerprint density at radius 1 is 1.31 bits per heavy atom. The zero-order valence-corrected chi connectivity index (χ0v) is 11.5. The summed E-state index contributed by atoms with van der Waals surface area (Å²) in [7, 11) is 1.83. The molecule has 16 heavy (non-hydrogen) atoms. The molecule has 0 saturated heterocycles. The van der Waals surface area contributed by atoms with Gasteiger partial charge in [0.1, 0.15) is 0 Å². The van der Waals surface area contributed by atoms with E-state index in [1.807, 2.05) is 7.11 Å². The largest absolute Gasteiger partial charge is 0.377 e. The molecule has 1 saturated carbocycles. The zero-order valence-electron chi connectivity index (χ0n) is 11.5. The Hall–Kier alpha value is -0.0800. The predicted octanol–water partition coefficient (Wildman–Crippen LogP) is 3.36. The molecular formula is C14H29NO. The summed E-state index contributed by atoms with van der Waals surface area (Å²) in [5.74, 6) is 0.920. The first kappa shape index (κ1) is 14.0. The van der Waals surface area contributed by atoms with Gasteiger partial charge in [-0.25, -0.2) is 0 Å². The van der Waals surface area contributed by atoms with Gasteiger partial charge < -0.3 is 10.1 Å². The first-order chi connectivity index (χ1) is 7.60. The summed E-state index contributed by atoms with van der Waals surface area (Å²) < 4.78 is 5.64. The van der Waals surface area contributed by atoms with Crippen LogP contribution in [0.25, 0.3) is 0 Å². The lowest BCUT2D eigenvalue weighted by Gasteiger charge is -2.35. The van der Waals surface area contributed by atoms with Gasteiger partial charge in [-0.3, -0.25) is 0 Å². The van der Waals surface area contributed by atoms with Crippen molar-refractivity contribution >= 4 is 0 Å². The highest BCUT2D eigenvalue weighted by Gasteiger charge is 2.31. The topological polar surface area (TPSA) is 21.3 Å². The first-order valence-corrected chi connectivity index (χ1v) is 6.88. The van der Waals surface area contributed by atoms with Crippen molar-refractivity contribution in [3.8, 4) is 0 Å². The van der Waals surface area contributed by atoms with Crippen LogP contribution in [0, 0.1) is 5.92 Å². The Bertz CT molecular complexity index is 185. The second-order valence-electron chi connectivity index (χ2n) is 5.70. The van der Waals surface area contributed by atoms with Crippen molar-refractivity contribution in [3.05, 3.63) is 0 Å². The van der Waals surface area contributed by atoms with Crippen LogP contribution in [0.15, 0.2) is 0 Å². The number of methoxy groups -OCH3 is 1. The van der Waals surface area contributed by atoms with E-state index in [-0.39, 0.29) is 5.60 Å². The van der Waals surface area contributed by atoms with Gasteiger partial charge in [0.2, 0.25) is 0 Å². The molecule has 0 radical (unpaired) electrons. The minimum atomic E-state index is -0.0439. The third-order valence-corrected chi connectivity index (χ3v) is 4.05. The van der Waals surface area contributed by atoms with Crippen LogP contribution < -0.4 is 5.32 Å². The van der Waals surface area contributed by atoms with E-state index in [0.29, 0.717) is 6.04 Å². The van der Waals surface area contributed by atoms with Gasteiger partial charge in [0.05, 0.1) is 5.60 Å². The number of hydrogen-bond donors (Lipinski definition) is 1. The molecule has 96 valence electrons. The van der Waals surface area contributed by atoms with E-state index in [4.69, 9.17) is 4.74 Å². The molecule has 0 aromatic rings. The maximum absolute atomic E-state index is 5.64. The molecule has 0 spiro atoms. The van der Waals surface area contributed by atoms with Crippen LogP contribution in [-0.2, 0) is 4.74 Å². The van der Waals surface area contributed by atoms with Crippen LogP contribution in [0.5, 0.6) is 0 Å². The highest BCUT2D eigenvalue weighted by Crippen LogP contribution is 2.31. The van der Waals surface area contributed by atoms with E-state index in [0.717, 1.165) is 12.5 Å². The molecule has 1 rings (SSSR count). The fourth-order valence-corrected chi connectivity index (χ4v) is 2.65. The minimum absolute atomic E-state index is 0.0439. The summed E-state index contributed by atoms with van der Waals surface area (Å²) in [6, 6.07) is 0.501. The maximum Gasteiger partial charge on any atom is 0.0775 e. The molecule has 1 N–H and O–H groups in total. The number of nitrogens with one attached hydrogen (secondary N) is 1. The van der Waals surface area contributed by atoms with Crippen LogP contribution in [0.4, 0.5) is 0 Å². The number of hydrogen-bond acceptors (Lipinski definition) is 2. The summed E-state index contributed by atoms with van der Waals surface area (Å²) in [5.41, 5.74) is -0.0439. The van der Waals surface area contributed by atoms with Crippen molar-refractivity contribution < 1.29 is 4.74 Å². The Balaban J connectivity index is 2.48. The molecule has 0 aromatic heterocycles. The Morgan fingerprint density at radius 2 is 1.94 bits per heavy atom. The molecule has 0 amide bonds. The van der Waals surface area contributed by atoms with Crippen LogP contribution in [0.3, 0.4) is 0 Å². The predicted molar refractivity (Wildman–Crippen MR) is 69.7 cm³/mol. The standard InChI is InChI=1S/C14H29NO/c1-5-10-15-13(14(2,3)16-4)11-12-8-6-7-9-12/h12-13,15H,5-11H2,1-4H3. The molecule has 1 unspecified atom stereocenters. The molecule has 0 bridgehead atoms. The lowest BCUT2D eigenvalue weighted by molar-refractivity contribution is -0.0166. The van der Waals surface area contributed by atoms with Crippen LogP contribution >= 0.6 is 0 Å². The molecule has 0 heterocycles. The summed E-state index contributed by atoms with van der Waals surface area (Å²) in [6.45, 7) is 7.73. The maximum atomic E-state index is 5.64. The van der Waals surface area contributed by atoms with Crippen molar-refractivity contribution in [2.24, 2.45) is 5.92 Å². The lowest BCUT2D eigenvalue weighted by Crippen LogP contribution is -2.49. The zero-order chi connectivity index (χ0) is 12.0.